The summed E-state index contributed by atoms with van der Waals surface area (Å²) in [6.45, 7) is 4.33. The summed E-state index contributed by atoms with van der Waals surface area (Å²) in [5, 5.41) is 8.33. The number of nitrogens with zero attached hydrogens (tertiary/aromatic N) is 1. The summed E-state index contributed by atoms with van der Waals surface area (Å²) >= 11 is 11.0. The van der Waals surface area contributed by atoms with Gasteiger partial charge in [-0.15, -0.1) is 0 Å². The summed E-state index contributed by atoms with van der Waals surface area (Å²) in [6.07, 6.45) is 1.69. The van der Waals surface area contributed by atoms with Crippen molar-refractivity contribution in [1.29, 1.82) is 0 Å². The van der Waals surface area contributed by atoms with E-state index in [9.17, 15) is 0 Å². The van der Waals surface area contributed by atoms with Crippen molar-refractivity contribution in [3.63, 3.8) is 0 Å². The third-order valence-electron chi connectivity index (χ3n) is 3.08. The summed E-state index contributed by atoms with van der Waals surface area (Å²) in [6, 6.07) is 15.6. The van der Waals surface area contributed by atoms with Gasteiger partial charge in [-0.1, -0.05) is 49.7 Å². The Morgan fingerprint density at radius 3 is 2.32 bits per heavy atom. The summed E-state index contributed by atoms with van der Waals surface area (Å²) in [7, 11) is 0. The van der Waals surface area contributed by atoms with E-state index in [0.29, 0.717) is 16.1 Å². The lowest BCUT2D eigenvalue weighted by molar-refractivity contribution is 0.867. The first-order valence-electron chi connectivity index (χ1n) is 7.00. The van der Waals surface area contributed by atoms with Gasteiger partial charge in [0.05, 0.1) is 6.21 Å². The van der Waals surface area contributed by atoms with E-state index in [0.717, 1.165) is 11.3 Å². The van der Waals surface area contributed by atoms with Gasteiger partial charge in [-0.2, -0.15) is 5.10 Å². The number of hydrogen-bond donors (Lipinski definition) is 2. The van der Waals surface area contributed by atoms with Gasteiger partial charge in [0.2, 0.25) is 0 Å². The smallest absolute Gasteiger partial charge is 0.191 e. The molecule has 0 aliphatic carbocycles. The number of nitrogens with one attached hydrogen (secondary N) is 2. The molecular formula is C17H18ClN3S. The second-order valence-corrected chi connectivity index (χ2v) is 6.00. The van der Waals surface area contributed by atoms with E-state index in [1.54, 1.807) is 6.21 Å². The molecule has 0 aromatic heterocycles. The van der Waals surface area contributed by atoms with Gasteiger partial charge in [0.15, 0.2) is 5.11 Å². The molecule has 0 amide bonds. The van der Waals surface area contributed by atoms with E-state index in [2.05, 4.69) is 41.8 Å². The first-order chi connectivity index (χ1) is 10.5. The van der Waals surface area contributed by atoms with Crippen molar-refractivity contribution in [3.8, 4) is 0 Å². The van der Waals surface area contributed by atoms with Crippen LogP contribution in [-0.4, -0.2) is 11.3 Å². The largest absolute Gasteiger partial charge is 0.331 e. The van der Waals surface area contributed by atoms with Gasteiger partial charge in [0.25, 0.3) is 0 Å². The van der Waals surface area contributed by atoms with Crippen molar-refractivity contribution in [1.82, 2.24) is 5.43 Å². The Balaban J connectivity index is 1.86. The Morgan fingerprint density at radius 1 is 1.09 bits per heavy atom. The number of rotatable bonds is 4. The predicted molar refractivity (Wildman–Crippen MR) is 98.9 cm³/mol. The fraction of sp³-hybridized carbons (Fsp3) is 0.176. The van der Waals surface area contributed by atoms with E-state index in [-0.39, 0.29) is 0 Å². The van der Waals surface area contributed by atoms with Crippen LogP contribution in [0, 0.1) is 0 Å². The van der Waals surface area contributed by atoms with Gasteiger partial charge >= 0.3 is 0 Å². The molecule has 0 unspecified atom stereocenters. The first kappa shape index (κ1) is 16.5. The Kier molecular flexibility index (Phi) is 5.92. The summed E-state index contributed by atoms with van der Waals surface area (Å²) in [5.41, 5.74) is 5.96. The number of thiocarbonyl (C=S) groups is 1. The zero-order chi connectivity index (χ0) is 15.9. The highest BCUT2D eigenvalue weighted by atomic mass is 35.5. The van der Waals surface area contributed by atoms with Crippen LogP contribution in [0.25, 0.3) is 0 Å². The maximum absolute atomic E-state index is 5.83. The predicted octanol–water partition coefficient (Wildman–Crippen LogP) is 4.78. The Labute approximate surface area is 141 Å². The van der Waals surface area contributed by atoms with Crippen LogP contribution < -0.4 is 10.7 Å². The normalized spacial score (nSPS) is 10.9. The van der Waals surface area contributed by atoms with Gasteiger partial charge in [-0.3, -0.25) is 5.43 Å². The minimum atomic E-state index is 0.447. The van der Waals surface area contributed by atoms with Crippen molar-refractivity contribution < 1.29 is 0 Å². The maximum atomic E-state index is 5.83. The van der Waals surface area contributed by atoms with Crippen LogP contribution in [0.15, 0.2) is 53.6 Å². The summed E-state index contributed by atoms with van der Waals surface area (Å²) in [4.78, 5) is 0. The molecule has 0 saturated carbocycles. The van der Waals surface area contributed by atoms with Gasteiger partial charge in [-0.05, 0) is 53.5 Å². The third kappa shape index (κ3) is 5.13. The van der Waals surface area contributed by atoms with Crippen LogP contribution in [0.1, 0.15) is 30.9 Å². The second-order valence-electron chi connectivity index (χ2n) is 5.15. The number of hydrazone groups is 1. The SMILES string of the molecule is CC(C)c1ccc(NC(=S)N/N=C\c2ccc(Cl)cc2)cc1. The molecular weight excluding hydrogens is 314 g/mol. The van der Waals surface area contributed by atoms with Crippen molar-refractivity contribution in [2.24, 2.45) is 5.10 Å². The van der Waals surface area contributed by atoms with Gasteiger partial charge in [0, 0.05) is 10.7 Å². The Hall–Kier alpha value is -1.91. The van der Waals surface area contributed by atoms with Crippen LogP contribution in [-0.2, 0) is 0 Å². The van der Waals surface area contributed by atoms with E-state index in [1.807, 2.05) is 36.4 Å². The van der Waals surface area contributed by atoms with Crippen molar-refractivity contribution in [2.45, 2.75) is 19.8 Å². The lowest BCUT2D eigenvalue weighted by atomic mass is 10.0. The number of anilines is 1. The van der Waals surface area contributed by atoms with Crippen molar-refractivity contribution in [2.75, 3.05) is 5.32 Å². The molecule has 0 heterocycles. The van der Waals surface area contributed by atoms with Crippen molar-refractivity contribution in [3.05, 3.63) is 64.7 Å². The fourth-order valence-corrected chi connectivity index (χ4v) is 2.12. The molecule has 0 radical (unpaired) electrons. The molecule has 2 N–H and O–H groups in total. The van der Waals surface area contributed by atoms with E-state index >= 15 is 0 Å². The third-order valence-corrected chi connectivity index (χ3v) is 3.53. The zero-order valence-electron chi connectivity index (χ0n) is 12.5. The molecule has 5 heteroatoms. The molecule has 2 rings (SSSR count). The molecule has 0 aliphatic heterocycles. The van der Waals surface area contributed by atoms with Crippen LogP contribution in [0.5, 0.6) is 0 Å². The van der Waals surface area contributed by atoms with Gasteiger partial charge < -0.3 is 5.32 Å². The lowest BCUT2D eigenvalue weighted by Crippen LogP contribution is -2.23. The minimum absolute atomic E-state index is 0.447. The molecule has 114 valence electrons. The zero-order valence-corrected chi connectivity index (χ0v) is 14.1. The average molecular weight is 332 g/mol. The topological polar surface area (TPSA) is 36.4 Å². The van der Waals surface area contributed by atoms with Crippen LogP contribution >= 0.6 is 23.8 Å². The molecule has 22 heavy (non-hydrogen) atoms. The molecule has 2 aromatic rings. The molecule has 0 aliphatic rings. The first-order valence-corrected chi connectivity index (χ1v) is 7.79. The lowest BCUT2D eigenvalue weighted by Gasteiger charge is -2.09. The van der Waals surface area contributed by atoms with Crippen LogP contribution in [0.3, 0.4) is 0 Å². The van der Waals surface area contributed by atoms with Crippen LogP contribution in [0.4, 0.5) is 5.69 Å². The standard InChI is InChI=1S/C17H18ClN3S/c1-12(2)14-5-9-16(10-6-14)20-17(22)21-19-11-13-3-7-15(18)8-4-13/h3-12H,1-2H3,(H2,20,21,22)/b19-11-. The molecule has 2 aromatic carbocycles. The van der Waals surface area contributed by atoms with Gasteiger partial charge in [-0.25, -0.2) is 0 Å². The molecule has 0 bridgehead atoms. The highest BCUT2D eigenvalue weighted by Crippen LogP contribution is 2.17. The summed E-state index contributed by atoms with van der Waals surface area (Å²) < 4.78 is 0. The van der Waals surface area contributed by atoms with Crippen LogP contribution in [0.2, 0.25) is 5.02 Å². The number of halogens is 1. The average Bonchev–Trinajstić information content (AvgIpc) is 2.50. The molecule has 0 fully saturated rings. The molecule has 3 nitrogen and oxygen atoms in total. The van der Waals surface area contributed by atoms with Gasteiger partial charge in [0.1, 0.15) is 0 Å². The molecule has 0 atom stereocenters. The summed E-state index contributed by atoms with van der Waals surface area (Å²) in [5.74, 6) is 0.517. The Bertz CT molecular complexity index is 649. The fourth-order valence-electron chi connectivity index (χ4n) is 1.82. The van der Waals surface area contributed by atoms with E-state index in [1.165, 1.54) is 5.56 Å². The Morgan fingerprint density at radius 2 is 1.73 bits per heavy atom. The second kappa shape index (κ2) is 7.92. The maximum Gasteiger partial charge on any atom is 0.191 e. The van der Waals surface area contributed by atoms with Crippen molar-refractivity contribution >= 4 is 40.8 Å². The highest BCUT2D eigenvalue weighted by Gasteiger charge is 2.00. The highest BCUT2D eigenvalue weighted by molar-refractivity contribution is 7.80. The molecule has 0 saturated heterocycles. The van der Waals surface area contributed by atoms with E-state index < -0.39 is 0 Å². The molecule has 0 spiro atoms. The number of hydrogen-bond acceptors (Lipinski definition) is 2. The number of benzene rings is 2. The van der Waals surface area contributed by atoms with E-state index in [4.69, 9.17) is 23.8 Å². The quantitative estimate of drug-likeness (QED) is 0.480. The monoisotopic (exact) mass is 331 g/mol. The minimum Gasteiger partial charge on any atom is -0.331 e.